The smallest absolute Gasteiger partial charge is 0.317 e. The Kier molecular flexibility index (Phi) is 11.4. The van der Waals surface area contributed by atoms with Gasteiger partial charge in [0.2, 0.25) is 0 Å². The van der Waals surface area contributed by atoms with Crippen molar-refractivity contribution in [3.63, 3.8) is 0 Å². The van der Waals surface area contributed by atoms with Crippen molar-refractivity contribution in [2.75, 3.05) is 0 Å². The molecule has 0 rings (SSSR count). The van der Waals surface area contributed by atoms with Gasteiger partial charge in [-0.25, -0.2) is 0 Å². The summed E-state index contributed by atoms with van der Waals surface area (Å²) in [5, 5.41) is 8.66. The van der Waals surface area contributed by atoms with Gasteiger partial charge in [0.05, 0.1) is 0 Å². The van der Waals surface area contributed by atoms with Crippen molar-refractivity contribution >= 4 is 21.9 Å². The van der Waals surface area contributed by atoms with Crippen LogP contribution in [0.5, 0.6) is 0 Å². The van der Waals surface area contributed by atoms with Gasteiger partial charge in [-0.15, -0.1) is 0 Å². The maximum Gasteiger partial charge on any atom is 0.317 e. The Morgan fingerprint density at radius 3 is 1.88 bits per heavy atom. The minimum Gasteiger partial charge on any atom is -0.480 e. The molecule has 2 nitrogen and oxygen atoms in total. The highest BCUT2D eigenvalue weighted by Crippen LogP contribution is 2.14. The van der Waals surface area contributed by atoms with Crippen molar-refractivity contribution in [3.05, 3.63) is 0 Å². The van der Waals surface area contributed by atoms with Gasteiger partial charge in [0, 0.05) is 0 Å². The molecule has 0 aromatic carbocycles. The van der Waals surface area contributed by atoms with Crippen LogP contribution in [0.4, 0.5) is 0 Å². The van der Waals surface area contributed by atoms with Crippen molar-refractivity contribution in [2.24, 2.45) is 0 Å². The fourth-order valence-electron chi connectivity index (χ4n) is 1.76. The highest BCUT2D eigenvalue weighted by atomic mass is 79.9. The summed E-state index contributed by atoms with van der Waals surface area (Å²) < 4.78 is 0. The summed E-state index contributed by atoms with van der Waals surface area (Å²) in [5.41, 5.74) is 0. The summed E-state index contributed by atoms with van der Waals surface area (Å²) in [6, 6.07) is 0. The fraction of sp³-hybridized carbons (Fsp3) is 0.923. The normalized spacial score (nSPS) is 12.6. The van der Waals surface area contributed by atoms with E-state index in [0.717, 1.165) is 12.8 Å². The van der Waals surface area contributed by atoms with E-state index in [1.165, 1.54) is 51.4 Å². The second kappa shape index (κ2) is 11.4. The van der Waals surface area contributed by atoms with Crippen LogP contribution >= 0.6 is 15.9 Å². The predicted molar refractivity (Wildman–Crippen MR) is 72.2 cm³/mol. The van der Waals surface area contributed by atoms with Crippen LogP contribution in [0.1, 0.15) is 71.1 Å². The molecule has 0 aromatic heterocycles. The number of carboxylic acid groups (broad SMARTS) is 1. The van der Waals surface area contributed by atoms with Crippen LogP contribution in [-0.4, -0.2) is 15.9 Å². The molecule has 96 valence electrons. The number of carboxylic acids is 1. The van der Waals surface area contributed by atoms with Crippen LogP contribution in [0, 0.1) is 0 Å². The van der Waals surface area contributed by atoms with Gasteiger partial charge in [-0.3, -0.25) is 4.79 Å². The van der Waals surface area contributed by atoms with E-state index < -0.39 is 5.97 Å². The molecule has 1 atom stereocenters. The number of carbonyl (C=O) groups is 1. The minimum atomic E-state index is -0.737. The summed E-state index contributed by atoms with van der Waals surface area (Å²) in [4.78, 5) is 10.2. The monoisotopic (exact) mass is 292 g/mol. The molecule has 16 heavy (non-hydrogen) atoms. The molecule has 0 aromatic rings. The average Bonchev–Trinajstić information content (AvgIpc) is 2.26. The first-order valence-electron chi connectivity index (χ1n) is 6.55. The lowest BCUT2D eigenvalue weighted by molar-refractivity contribution is -0.136. The van der Waals surface area contributed by atoms with E-state index in [2.05, 4.69) is 22.9 Å². The number of halogens is 1. The molecular weight excluding hydrogens is 268 g/mol. The molecule has 0 radical (unpaired) electrons. The average molecular weight is 293 g/mol. The van der Waals surface area contributed by atoms with Crippen LogP contribution in [-0.2, 0) is 4.79 Å². The number of unbranched alkanes of at least 4 members (excludes halogenated alkanes) is 8. The van der Waals surface area contributed by atoms with Gasteiger partial charge in [0.1, 0.15) is 4.83 Å². The van der Waals surface area contributed by atoms with Crippen LogP contribution in [0.3, 0.4) is 0 Å². The van der Waals surface area contributed by atoms with Gasteiger partial charge in [-0.1, -0.05) is 80.6 Å². The lowest BCUT2D eigenvalue weighted by Gasteiger charge is -2.04. The highest BCUT2D eigenvalue weighted by molar-refractivity contribution is 9.10. The zero-order valence-corrected chi connectivity index (χ0v) is 12.0. The lowest BCUT2D eigenvalue weighted by Crippen LogP contribution is -2.11. The maximum atomic E-state index is 10.5. The summed E-state index contributed by atoms with van der Waals surface area (Å²) in [6.07, 6.45) is 12.3. The number of rotatable bonds is 11. The summed E-state index contributed by atoms with van der Waals surface area (Å²) in [6.45, 7) is 2.24. The standard InChI is InChI=1S/C13H25BrO2/c1-2-3-4-5-6-7-8-9-10-11-12(14)13(15)16/h12H,2-11H2,1H3,(H,15,16)/t12-/m0/s1. The molecule has 1 N–H and O–H groups in total. The number of alkyl halides is 1. The van der Waals surface area contributed by atoms with Gasteiger partial charge in [-0.05, 0) is 6.42 Å². The first-order chi connectivity index (χ1) is 7.68. The molecule has 0 bridgehead atoms. The molecule has 0 unspecified atom stereocenters. The van der Waals surface area contributed by atoms with E-state index >= 15 is 0 Å². The van der Waals surface area contributed by atoms with E-state index in [0.29, 0.717) is 0 Å². The van der Waals surface area contributed by atoms with Crippen molar-refractivity contribution in [2.45, 2.75) is 76.0 Å². The SMILES string of the molecule is CCCCCCCCCCC[C@H](Br)C(=O)O. The molecule has 0 amide bonds. The molecule has 0 heterocycles. The van der Waals surface area contributed by atoms with Crippen LogP contribution in [0.15, 0.2) is 0 Å². The second-order valence-electron chi connectivity index (χ2n) is 4.42. The van der Waals surface area contributed by atoms with E-state index in [1.807, 2.05) is 0 Å². The highest BCUT2D eigenvalue weighted by Gasteiger charge is 2.11. The second-order valence-corrected chi connectivity index (χ2v) is 5.53. The molecule has 0 saturated heterocycles. The van der Waals surface area contributed by atoms with Gasteiger partial charge in [-0.2, -0.15) is 0 Å². The van der Waals surface area contributed by atoms with Crippen molar-refractivity contribution in [1.82, 2.24) is 0 Å². The van der Waals surface area contributed by atoms with Crippen molar-refractivity contribution in [1.29, 1.82) is 0 Å². The molecule has 0 aliphatic heterocycles. The van der Waals surface area contributed by atoms with Crippen molar-refractivity contribution in [3.8, 4) is 0 Å². The third-order valence-corrected chi connectivity index (χ3v) is 3.68. The Bertz CT molecular complexity index is 171. The molecule has 0 fully saturated rings. The molecule has 3 heteroatoms. The summed E-state index contributed by atoms with van der Waals surface area (Å²) in [5.74, 6) is -0.737. The van der Waals surface area contributed by atoms with E-state index in [4.69, 9.17) is 5.11 Å². The summed E-state index contributed by atoms with van der Waals surface area (Å²) in [7, 11) is 0. The Balaban J connectivity index is 3.07. The van der Waals surface area contributed by atoms with Gasteiger partial charge in [0.15, 0.2) is 0 Å². The van der Waals surface area contributed by atoms with E-state index in [1.54, 1.807) is 0 Å². The largest absolute Gasteiger partial charge is 0.480 e. The topological polar surface area (TPSA) is 37.3 Å². The summed E-state index contributed by atoms with van der Waals surface area (Å²) >= 11 is 3.15. The lowest BCUT2D eigenvalue weighted by atomic mass is 10.1. The van der Waals surface area contributed by atoms with Gasteiger partial charge < -0.3 is 5.11 Å². The van der Waals surface area contributed by atoms with Crippen LogP contribution in [0.2, 0.25) is 0 Å². The zero-order valence-electron chi connectivity index (χ0n) is 10.4. The predicted octanol–water partition coefficient (Wildman–Crippen LogP) is 4.76. The van der Waals surface area contributed by atoms with Crippen LogP contribution in [0.25, 0.3) is 0 Å². The van der Waals surface area contributed by atoms with Crippen LogP contribution < -0.4 is 0 Å². The van der Waals surface area contributed by atoms with E-state index in [-0.39, 0.29) is 4.83 Å². The molecule has 0 saturated carbocycles. The zero-order chi connectivity index (χ0) is 12.2. The molecule has 0 aliphatic rings. The fourth-order valence-corrected chi connectivity index (χ4v) is 2.08. The van der Waals surface area contributed by atoms with E-state index in [9.17, 15) is 4.79 Å². The Labute approximate surface area is 108 Å². The Morgan fingerprint density at radius 2 is 1.44 bits per heavy atom. The Hall–Kier alpha value is -0.0500. The van der Waals surface area contributed by atoms with Crippen molar-refractivity contribution < 1.29 is 9.90 Å². The number of hydrogen-bond acceptors (Lipinski definition) is 1. The molecule has 0 spiro atoms. The van der Waals surface area contributed by atoms with Gasteiger partial charge >= 0.3 is 5.97 Å². The number of hydrogen-bond donors (Lipinski definition) is 1. The Morgan fingerprint density at radius 1 is 1.00 bits per heavy atom. The van der Waals surface area contributed by atoms with Gasteiger partial charge in [0.25, 0.3) is 0 Å². The quantitative estimate of drug-likeness (QED) is 0.440. The molecule has 0 aliphatic carbocycles. The third kappa shape index (κ3) is 10.5. The third-order valence-electron chi connectivity index (χ3n) is 2.83. The first-order valence-corrected chi connectivity index (χ1v) is 7.47. The first kappa shape index (κ1) is 16.0. The maximum absolute atomic E-state index is 10.5. The number of aliphatic carboxylic acids is 1. The minimum absolute atomic E-state index is 0.350. The molecular formula is C13H25BrO2.